The van der Waals surface area contributed by atoms with E-state index in [2.05, 4.69) is 0 Å². The second-order valence-electron chi connectivity index (χ2n) is 7.52. The lowest BCUT2D eigenvalue weighted by molar-refractivity contribution is -0.197. The molecule has 0 saturated carbocycles. The van der Waals surface area contributed by atoms with Crippen LogP contribution in [0.4, 0.5) is 0 Å². The number of hydrogen-bond acceptors (Lipinski definition) is 11. The third-order valence-corrected chi connectivity index (χ3v) is 4.66. The number of rotatable bonds is 25. The fourth-order valence-corrected chi connectivity index (χ4v) is 2.80. The van der Waals surface area contributed by atoms with Gasteiger partial charge in [-0.15, -0.1) is 5.06 Å². The Balaban J connectivity index is 1.71. The molecular weight excluding hydrogens is 466 g/mol. The highest BCUT2D eigenvalue weighted by atomic mass is 16.7. The summed E-state index contributed by atoms with van der Waals surface area (Å²) in [7, 11) is 1.64. The van der Waals surface area contributed by atoms with Crippen LogP contribution in [-0.2, 0) is 52.4 Å². The summed E-state index contributed by atoms with van der Waals surface area (Å²) in [4.78, 5) is 39.2. The molecule has 204 valence electrons. The van der Waals surface area contributed by atoms with E-state index in [-0.39, 0.29) is 19.3 Å². The zero-order chi connectivity index (χ0) is 25.4. The van der Waals surface area contributed by atoms with Crippen molar-refractivity contribution in [2.75, 3.05) is 93.0 Å². The molecule has 1 rings (SSSR count). The van der Waals surface area contributed by atoms with Crippen LogP contribution in [0.1, 0.15) is 38.5 Å². The summed E-state index contributed by atoms with van der Waals surface area (Å²) in [6.07, 6.45) is 2.53. The van der Waals surface area contributed by atoms with Crippen LogP contribution in [0.3, 0.4) is 0 Å². The Labute approximate surface area is 207 Å². The maximum Gasteiger partial charge on any atom is 0.333 e. The van der Waals surface area contributed by atoms with Crippen molar-refractivity contribution >= 4 is 17.8 Å². The van der Waals surface area contributed by atoms with Crippen LogP contribution in [0, 0.1) is 0 Å². The molecule has 0 spiro atoms. The number of hydrogen-bond donors (Lipinski definition) is 0. The monoisotopic (exact) mass is 507 g/mol. The second kappa shape index (κ2) is 22.8. The van der Waals surface area contributed by atoms with Gasteiger partial charge in [-0.05, 0) is 12.8 Å². The van der Waals surface area contributed by atoms with Gasteiger partial charge < -0.3 is 38.0 Å². The molecule has 35 heavy (non-hydrogen) atoms. The van der Waals surface area contributed by atoms with Crippen molar-refractivity contribution in [2.45, 2.75) is 38.5 Å². The third-order valence-electron chi connectivity index (χ3n) is 4.66. The first-order valence-corrected chi connectivity index (χ1v) is 12.2. The molecule has 0 aromatic rings. The summed E-state index contributed by atoms with van der Waals surface area (Å²) < 4.78 is 37.2. The van der Waals surface area contributed by atoms with Gasteiger partial charge >= 0.3 is 5.97 Å². The number of ether oxygens (including phenoxy) is 7. The molecule has 0 aliphatic carbocycles. The van der Waals surface area contributed by atoms with Crippen molar-refractivity contribution in [3.8, 4) is 0 Å². The van der Waals surface area contributed by atoms with Gasteiger partial charge in [0.15, 0.2) is 0 Å². The van der Waals surface area contributed by atoms with Crippen LogP contribution in [0.2, 0.25) is 0 Å². The van der Waals surface area contributed by atoms with Gasteiger partial charge in [-0.1, -0.05) is 6.42 Å². The van der Waals surface area contributed by atoms with E-state index in [4.69, 9.17) is 38.0 Å². The number of carbonyl (C=O) groups is 3. The van der Waals surface area contributed by atoms with Crippen LogP contribution in [0.5, 0.6) is 0 Å². The van der Waals surface area contributed by atoms with Gasteiger partial charge in [-0.25, -0.2) is 4.79 Å². The highest BCUT2D eigenvalue weighted by Gasteiger charge is 2.32. The number of methoxy groups -OCH3 is 1. The van der Waals surface area contributed by atoms with Crippen molar-refractivity contribution in [3.63, 3.8) is 0 Å². The Bertz CT molecular complexity index is 546. The highest BCUT2D eigenvalue weighted by Crippen LogP contribution is 2.13. The SMILES string of the molecule is COCCOCCOCCOCCOCCOCCOCCCCCC(=O)ON1C(=O)CCC1=O. The Morgan fingerprint density at radius 3 is 1.43 bits per heavy atom. The summed E-state index contributed by atoms with van der Waals surface area (Å²) in [5.41, 5.74) is 0. The van der Waals surface area contributed by atoms with E-state index in [0.29, 0.717) is 97.4 Å². The molecule has 1 saturated heterocycles. The van der Waals surface area contributed by atoms with Crippen LogP contribution >= 0.6 is 0 Å². The lowest BCUT2D eigenvalue weighted by atomic mass is 10.2. The number of carbonyl (C=O) groups excluding carboxylic acids is 3. The average Bonchev–Trinajstić information content (AvgIpc) is 3.16. The topological polar surface area (TPSA) is 128 Å². The minimum atomic E-state index is -0.568. The summed E-state index contributed by atoms with van der Waals surface area (Å²) in [6.45, 7) is 6.79. The Morgan fingerprint density at radius 2 is 1.00 bits per heavy atom. The Kier molecular flexibility index (Phi) is 20.4. The molecule has 0 bridgehead atoms. The van der Waals surface area contributed by atoms with Gasteiger partial charge in [-0.2, -0.15) is 0 Å². The Hall–Kier alpha value is -1.67. The van der Waals surface area contributed by atoms with Crippen LogP contribution in [-0.4, -0.2) is 116 Å². The van der Waals surface area contributed by atoms with E-state index in [9.17, 15) is 14.4 Å². The largest absolute Gasteiger partial charge is 0.382 e. The van der Waals surface area contributed by atoms with Crippen LogP contribution in [0.15, 0.2) is 0 Å². The van der Waals surface area contributed by atoms with E-state index >= 15 is 0 Å². The molecule has 0 unspecified atom stereocenters. The molecule has 2 amide bonds. The second-order valence-corrected chi connectivity index (χ2v) is 7.52. The molecule has 0 aromatic carbocycles. The highest BCUT2D eigenvalue weighted by molar-refractivity contribution is 6.01. The maximum atomic E-state index is 11.7. The summed E-state index contributed by atoms with van der Waals surface area (Å²) in [5.74, 6) is -1.50. The van der Waals surface area contributed by atoms with Crippen molar-refractivity contribution in [2.24, 2.45) is 0 Å². The summed E-state index contributed by atoms with van der Waals surface area (Å²) in [6, 6.07) is 0. The fourth-order valence-electron chi connectivity index (χ4n) is 2.80. The third kappa shape index (κ3) is 18.3. The van der Waals surface area contributed by atoms with Gasteiger partial charge in [0.1, 0.15) is 0 Å². The van der Waals surface area contributed by atoms with Crippen molar-refractivity contribution in [3.05, 3.63) is 0 Å². The van der Waals surface area contributed by atoms with Gasteiger partial charge in [-0.3, -0.25) is 9.59 Å². The minimum absolute atomic E-state index is 0.0966. The van der Waals surface area contributed by atoms with Crippen molar-refractivity contribution in [1.82, 2.24) is 5.06 Å². The van der Waals surface area contributed by atoms with Gasteiger partial charge in [0.2, 0.25) is 0 Å². The van der Waals surface area contributed by atoms with Gasteiger partial charge in [0.25, 0.3) is 11.8 Å². The van der Waals surface area contributed by atoms with E-state index in [1.54, 1.807) is 7.11 Å². The number of imide groups is 1. The molecule has 12 heteroatoms. The lowest BCUT2D eigenvalue weighted by Gasteiger charge is -2.12. The first-order valence-electron chi connectivity index (χ1n) is 12.2. The molecule has 0 N–H and O–H groups in total. The molecule has 1 heterocycles. The quantitative estimate of drug-likeness (QED) is 0.129. The van der Waals surface area contributed by atoms with E-state index in [0.717, 1.165) is 12.8 Å². The molecule has 0 atom stereocenters. The molecular formula is C23H41NO11. The van der Waals surface area contributed by atoms with E-state index in [1.807, 2.05) is 0 Å². The smallest absolute Gasteiger partial charge is 0.333 e. The van der Waals surface area contributed by atoms with Crippen molar-refractivity contribution < 1.29 is 52.4 Å². The zero-order valence-corrected chi connectivity index (χ0v) is 20.9. The molecule has 1 aliphatic rings. The molecule has 1 aliphatic heterocycles. The number of nitrogens with zero attached hydrogens (tertiary/aromatic N) is 1. The molecule has 12 nitrogen and oxygen atoms in total. The van der Waals surface area contributed by atoms with Crippen molar-refractivity contribution in [1.29, 1.82) is 0 Å². The first kappa shape index (κ1) is 31.4. The van der Waals surface area contributed by atoms with E-state index < -0.39 is 17.8 Å². The van der Waals surface area contributed by atoms with Crippen LogP contribution in [0.25, 0.3) is 0 Å². The fraction of sp³-hybridized carbons (Fsp3) is 0.870. The standard InChI is InChI=1S/C23H41NO11/c1-28-9-10-30-13-14-32-17-18-34-20-19-33-16-15-31-12-11-29-8-4-2-3-5-23(27)35-24-21(25)6-7-22(24)26/h2-20H2,1H3. The molecule has 1 fully saturated rings. The molecule has 0 aromatic heterocycles. The number of unbranched alkanes of at least 4 members (excludes halogenated alkanes) is 2. The molecule has 0 radical (unpaired) electrons. The summed E-state index contributed by atoms with van der Waals surface area (Å²) in [5, 5.41) is 0.576. The predicted octanol–water partition coefficient (Wildman–Crippen LogP) is 0.900. The lowest BCUT2D eigenvalue weighted by Crippen LogP contribution is -2.31. The number of hydroxylamine groups is 2. The predicted molar refractivity (Wildman–Crippen MR) is 122 cm³/mol. The normalized spacial score (nSPS) is 13.7. The average molecular weight is 508 g/mol. The summed E-state index contributed by atoms with van der Waals surface area (Å²) >= 11 is 0. The minimum Gasteiger partial charge on any atom is -0.382 e. The van der Waals surface area contributed by atoms with Crippen LogP contribution < -0.4 is 0 Å². The first-order chi connectivity index (χ1) is 17.1. The van der Waals surface area contributed by atoms with Gasteiger partial charge in [0, 0.05) is 33.0 Å². The Morgan fingerprint density at radius 1 is 0.600 bits per heavy atom. The zero-order valence-electron chi connectivity index (χ0n) is 20.9. The van der Waals surface area contributed by atoms with E-state index in [1.165, 1.54) is 0 Å². The maximum absolute atomic E-state index is 11.7. The van der Waals surface area contributed by atoms with Gasteiger partial charge in [0.05, 0.1) is 79.3 Å². The number of amides is 2.